The van der Waals surface area contributed by atoms with Gasteiger partial charge in [0.2, 0.25) is 5.91 Å². The van der Waals surface area contributed by atoms with E-state index in [-0.39, 0.29) is 44.5 Å². The molecule has 1 N–H and O–H groups in total. The molecule has 0 spiro atoms. The summed E-state index contributed by atoms with van der Waals surface area (Å²) in [4.78, 5) is 11.3. The summed E-state index contributed by atoms with van der Waals surface area (Å²) in [5.41, 5.74) is 0. The van der Waals surface area contributed by atoms with Gasteiger partial charge in [-0.25, -0.2) is 0 Å². The summed E-state index contributed by atoms with van der Waals surface area (Å²) in [5, 5.41) is 2.92. The minimum atomic E-state index is 0. The summed E-state index contributed by atoms with van der Waals surface area (Å²) in [7, 11) is 0. The molecule has 2 unspecified atom stereocenters. The van der Waals surface area contributed by atoms with E-state index in [9.17, 15) is 4.79 Å². The number of carbonyl (C=O) groups is 1. The average Bonchev–Trinajstić information content (AvgIpc) is 2.10. The Kier molecular flexibility index (Phi) is 12.3. The van der Waals surface area contributed by atoms with E-state index < -0.39 is 0 Å². The van der Waals surface area contributed by atoms with Crippen LogP contribution in [0.4, 0.5) is 0 Å². The van der Waals surface area contributed by atoms with Gasteiger partial charge in [-0.2, -0.15) is 5.92 Å². The minimum Gasteiger partial charge on any atom is -0.356 e. The topological polar surface area (TPSA) is 29.1 Å². The molecule has 3 heteroatoms. The van der Waals surface area contributed by atoms with Crippen molar-refractivity contribution in [3.8, 4) is 0 Å². The number of nitrogens with one attached hydrogen (secondary N) is 1. The van der Waals surface area contributed by atoms with Crippen LogP contribution < -0.4 is 5.32 Å². The summed E-state index contributed by atoms with van der Waals surface area (Å²) >= 11 is 0. The molecule has 0 aromatic carbocycles. The Hall–Kier alpha value is 0.574. The fourth-order valence-electron chi connectivity index (χ4n) is 1.02. The maximum absolute atomic E-state index is 11.3. The third-order valence-corrected chi connectivity index (χ3v) is 2.23. The zero-order valence-electron chi connectivity index (χ0n) is 9.68. The van der Waals surface area contributed by atoms with Gasteiger partial charge in [-0.15, -0.1) is 0 Å². The van der Waals surface area contributed by atoms with Gasteiger partial charge in [0.25, 0.3) is 0 Å². The van der Waals surface area contributed by atoms with Crippen LogP contribution in [0.5, 0.6) is 0 Å². The molecule has 0 fully saturated rings. The average molecular weight is 273 g/mol. The molecular weight excluding hydrogens is 251 g/mol. The summed E-state index contributed by atoms with van der Waals surface area (Å²) in [5.74, 6) is 0.817. The van der Waals surface area contributed by atoms with E-state index in [4.69, 9.17) is 0 Å². The number of hydrogen-bond acceptors (Lipinski definition) is 1. The Bertz CT molecular complexity index is 148. The largest absolute Gasteiger partial charge is 0.356 e. The van der Waals surface area contributed by atoms with Crippen molar-refractivity contribution in [2.45, 2.75) is 40.0 Å². The van der Waals surface area contributed by atoms with E-state index in [1.54, 1.807) is 0 Å². The number of rotatable bonds is 6. The summed E-state index contributed by atoms with van der Waals surface area (Å²) in [6, 6.07) is 0. The second-order valence-electron chi connectivity index (χ2n) is 3.85. The standard InChI is InChI=1S/C11H22NO.Y/c1-5-10(4)11(13)12-8-6-7-9(2)3;/h9-10H,2,5-8H2,1,3-4H3,(H,12,13);/q-1;. The first kappa shape index (κ1) is 17.0. The maximum Gasteiger partial charge on any atom is 0.222 e. The fourth-order valence-corrected chi connectivity index (χ4v) is 1.02. The van der Waals surface area contributed by atoms with Crippen molar-refractivity contribution >= 4 is 5.91 Å². The van der Waals surface area contributed by atoms with Gasteiger partial charge in [-0.05, 0) is 12.8 Å². The van der Waals surface area contributed by atoms with Crippen LogP contribution in [0.1, 0.15) is 40.0 Å². The van der Waals surface area contributed by atoms with Crippen molar-refractivity contribution in [1.82, 2.24) is 5.32 Å². The molecule has 1 amide bonds. The van der Waals surface area contributed by atoms with Crippen molar-refractivity contribution in [1.29, 1.82) is 0 Å². The first-order chi connectivity index (χ1) is 6.07. The van der Waals surface area contributed by atoms with Crippen LogP contribution in [0.25, 0.3) is 0 Å². The Labute approximate surface area is 113 Å². The van der Waals surface area contributed by atoms with Gasteiger partial charge in [-0.3, -0.25) is 4.79 Å². The summed E-state index contributed by atoms with van der Waals surface area (Å²) in [6.07, 6.45) is 3.03. The predicted octanol–water partition coefficient (Wildman–Crippen LogP) is 2.40. The van der Waals surface area contributed by atoms with Crippen LogP contribution in [0, 0.1) is 18.8 Å². The molecule has 0 bridgehead atoms. The molecular formula is C11H22NOY-. The van der Waals surface area contributed by atoms with Gasteiger partial charge >= 0.3 is 0 Å². The van der Waals surface area contributed by atoms with Crippen molar-refractivity contribution in [2.75, 3.05) is 6.54 Å². The van der Waals surface area contributed by atoms with Gasteiger partial charge in [-0.1, -0.05) is 27.2 Å². The van der Waals surface area contributed by atoms with Crippen molar-refractivity contribution in [3.05, 3.63) is 6.92 Å². The minimum absolute atomic E-state index is 0. The first-order valence-corrected chi connectivity index (χ1v) is 5.18. The van der Waals surface area contributed by atoms with E-state index in [1.165, 1.54) is 0 Å². The Morgan fingerprint density at radius 1 is 1.43 bits per heavy atom. The van der Waals surface area contributed by atoms with E-state index in [1.807, 2.05) is 13.8 Å². The van der Waals surface area contributed by atoms with E-state index in [2.05, 4.69) is 19.2 Å². The molecule has 0 heterocycles. The fraction of sp³-hybridized carbons (Fsp3) is 0.818. The van der Waals surface area contributed by atoms with Crippen LogP contribution in [0.15, 0.2) is 0 Å². The van der Waals surface area contributed by atoms with Gasteiger partial charge in [0.15, 0.2) is 0 Å². The molecule has 2 atom stereocenters. The van der Waals surface area contributed by atoms with E-state index in [0.717, 1.165) is 25.8 Å². The molecule has 2 nitrogen and oxygen atoms in total. The normalized spacial score (nSPS) is 14.0. The number of carbonyl (C=O) groups excluding carboxylic acids is 1. The van der Waals surface area contributed by atoms with Gasteiger partial charge in [0, 0.05) is 45.2 Å². The molecule has 0 aliphatic carbocycles. The SMILES string of the molecule is [CH2-]C(C)CCCNC(=O)C(C)CC.[Y]. The van der Waals surface area contributed by atoms with Crippen LogP contribution >= 0.6 is 0 Å². The second kappa shape index (κ2) is 10.1. The molecule has 0 aromatic heterocycles. The molecule has 0 aliphatic rings. The Morgan fingerprint density at radius 2 is 2.00 bits per heavy atom. The smallest absolute Gasteiger partial charge is 0.222 e. The van der Waals surface area contributed by atoms with Crippen molar-refractivity contribution in [2.24, 2.45) is 11.8 Å². The van der Waals surface area contributed by atoms with Crippen molar-refractivity contribution < 1.29 is 37.5 Å². The quantitative estimate of drug-likeness (QED) is 0.584. The predicted molar refractivity (Wildman–Crippen MR) is 56.2 cm³/mol. The summed E-state index contributed by atoms with van der Waals surface area (Å²) < 4.78 is 0. The molecule has 1 radical (unpaired) electrons. The zero-order chi connectivity index (χ0) is 10.3. The third-order valence-electron chi connectivity index (χ3n) is 2.23. The monoisotopic (exact) mass is 273 g/mol. The molecule has 0 rings (SSSR count). The van der Waals surface area contributed by atoms with Crippen LogP contribution in [-0.2, 0) is 37.5 Å². The van der Waals surface area contributed by atoms with Gasteiger partial charge in [0.05, 0.1) is 0 Å². The third kappa shape index (κ3) is 9.14. The maximum atomic E-state index is 11.3. The van der Waals surface area contributed by atoms with Crippen LogP contribution in [0.3, 0.4) is 0 Å². The van der Waals surface area contributed by atoms with Crippen LogP contribution in [0.2, 0.25) is 0 Å². The number of hydrogen-bond donors (Lipinski definition) is 1. The molecule has 81 valence electrons. The van der Waals surface area contributed by atoms with Gasteiger partial charge < -0.3 is 12.2 Å². The number of amides is 1. The summed E-state index contributed by atoms with van der Waals surface area (Å²) in [6.45, 7) is 10.8. The molecule has 0 saturated heterocycles. The first-order valence-electron chi connectivity index (χ1n) is 5.18. The Morgan fingerprint density at radius 3 is 2.43 bits per heavy atom. The molecule has 0 aromatic rings. The van der Waals surface area contributed by atoms with Gasteiger partial charge in [0.1, 0.15) is 0 Å². The zero-order valence-corrected chi connectivity index (χ0v) is 12.5. The Balaban J connectivity index is 0. The molecule has 0 aliphatic heterocycles. The van der Waals surface area contributed by atoms with Crippen molar-refractivity contribution in [3.63, 3.8) is 0 Å². The molecule has 14 heavy (non-hydrogen) atoms. The molecule has 0 saturated carbocycles. The van der Waals surface area contributed by atoms with E-state index >= 15 is 0 Å². The van der Waals surface area contributed by atoms with E-state index in [0.29, 0.717) is 5.92 Å². The second-order valence-corrected chi connectivity index (χ2v) is 3.85. The van der Waals surface area contributed by atoms with Crippen LogP contribution in [-0.4, -0.2) is 12.5 Å².